The van der Waals surface area contributed by atoms with Crippen molar-refractivity contribution in [3.8, 4) is 5.75 Å². The fourth-order valence-electron chi connectivity index (χ4n) is 2.05. The van der Waals surface area contributed by atoms with Crippen molar-refractivity contribution in [3.05, 3.63) is 35.7 Å². The highest BCUT2D eigenvalue weighted by atomic mass is 16.5. The second-order valence-electron chi connectivity index (χ2n) is 4.89. The zero-order chi connectivity index (χ0) is 15.6. The number of ether oxygens (including phenoxy) is 1. The number of carbonyl (C=O) groups is 1. The van der Waals surface area contributed by atoms with Crippen molar-refractivity contribution in [2.75, 3.05) is 24.8 Å². The van der Waals surface area contributed by atoms with Crippen molar-refractivity contribution in [2.45, 2.75) is 20.4 Å². The Morgan fingerprint density at radius 3 is 2.43 bits per heavy atom. The number of carbonyl (C=O) groups excluding carboxylic acids is 1. The van der Waals surface area contributed by atoms with Crippen molar-refractivity contribution in [2.24, 2.45) is 0 Å². The lowest BCUT2D eigenvalue weighted by atomic mass is 10.2. The molecule has 1 aromatic carbocycles. The summed E-state index contributed by atoms with van der Waals surface area (Å²) in [5.41, 5.74) is 8.86. The third-order valence-electron chi connectivity index (χ3n) is 3.56. The Hall–Kier alpha value is -2.50. The van der Waals surface area contributed by atoms with Gasteiger partial charge in [0.2, 0.25) is 5.91 Å². The van der Waals surface area contributed by atoms with Crippen LogP contribution < -0.4 is 15.4 Å². The van der Waals surface area contributed by atoms with Crippen LogP contribution >= 0.6 is 0 Å². The van der Waals surface area contributed by atoms with Crippen molar-refractivity contribution < 1.29 is 9.53 Å². The summed E-state index contributed by atoms with van der Waals surface area (Å²) in [7, 11) is 3.34. The highest BCUT2D eigenvalue weighted by Gasteiger charge is 2.15. The average Bonchev–Trinajstić information content (AvgIpc) is 2.74. The lowest BCUT2D eigenvalue weighted by Crippen LogP contribution is -2.30. The molecule has 0 radical (unpaired) electrons. The zero-order valence-electron chi connectivity index (χ0n) is 12.8. The lowest BCUT2D eigenvalue weighted by Gasteiger charge is -2.18. The minimum absolute atomic E-state index is 0.0641. The second-order valence-corrected chi connectivity index (χ2v) is 4.89. The van der Waals surface area contributed by atoms with Crippen molar-refractivity contribution in [1.82, 2.24) is 9.78 Å². The molecule has 21 heavy (non-hydrogen) atoms. The Bertz CT molecular complexity index is 646. The summed E-state index contributed by atoms with van der Waals surface area (Å²) in [6, 6.07) is 7.32. The molecule has 0 aliphatic rings. The van der Waals surface area contributed by atoms with Gasteiger partial charge >= 0.3 is 0 Å². The normalized spacial score (nSPS) is 10.5. The molecular formula is C15H20N4O2. The van der Waals surface area contributed by atoms with E-state index in [1.807, 2.05) is 38.1 Å². The average molecular weight is 288 g/mol. The highest BCUT2D eigenvalue weighted by Crippen LogP contribution is 2.19. The van der Waals surface area contributed by atoms with Gasteiger partial charge in [-0.3, -0.25) is 9.48 Å². The minimum atomic E-state index is -0.0641. The van der Waals surface area contributed by atoms with E-state index in [1.165, 1.54) is 0 Å². The third kappa shape index (κ3) is 2.99. The first-order valence-electron chi connectivity index (χ1n) is 6.64. The highest BCUT2D eigenvalue weighted by molar-refractivity contribution is 5.92. The van der Waals surface area contributed by atoms with Crippen molar-refractivity contribution in [1.29, 1.82) is 0 Å². The van der Waals surface area contributed by atoms with Gasteiger partial charge in [0.1, 0.15) is 12.3 Å². The molecule has 0 saturated heterocycles. The molecule has 0 aliphatic heterocycles. The fourth-order valence-corrected chi connectivity index (χ4v) is 2.05. The topological polar surface area (TPSA) is 73.4 Å². The predicted molar refractivity (Wildman–Crippen MR) is 82.5 cm³/mol. The van der Waals surface area contributed by atoms with Crippen molar-refractivity contribution in [3.63, 3.8) is 0 Å². The maximum Gasteiger partial charge on any atom is 0.248 e. The Morgan fingerprint density at radius 1 is 1.33 bits per heavy atom. The van der Waals surface area contributed by atoms with Gasteiger partial charge in [0.25, 0.3) is 0 Å². The molecule has 112 valence electrons. The number of amides is 1. The van der Waals surface area contributed by atoms with Crippen LogP contribution in [-0.4, -0.2) is 29.8 Å². The van der Waals surface area contributed by atoms with E-state index in [1.54, 1.807) is 23.7 Å². The molecule has 2 rings (SSSR count). The smallest absolute Gasteiger partial charge is 0.248 e. The number of hydrogen-bond donors (Lipinski definition) is 1. The van der Waals surface area contributed by atoms with Crippen LogP contribution in [0.2, 0.25) is 0 Å². The number of nitrogen functional groups attached to an aromatic ring is 1. The molecule has 2 N–H and O–H groups in total. The molecule has 0 saturated carbocycles. The van der Waals surface area contributed by atoms with Crippen LogP contribution in [0.3, 0.4) is 0 Å². The van der Waals surface area contributed by atoms with Crippen LogP contribution in [0.25, 0.3) is 0 Å². The van der Waals surface area contributed by atoms with Crippen LogP contribution in [0.4, 0.5) is 11.4 Å². The summed E-state index contributed by atoms with van der Waals surface area (Å²) in [5, 5.41) is 4.28. The number of aryl methyl sites for hydroxylation is 1. The number of hydrogen-bond acceptors (Lipinski definition) is 4. The monoisotopic (exact) mass is 288 g/mol. The molecule has 1 aromatic heterocycles. The van der Waals surface area contributed by atoms with E-state index in [2.05, 4.69) is 5.10 Å². The Labute approximate surface area is 124 Å². The van der Waals surface area contributed by atoms with Gasteiger partial charge < -0.3 is 15.4 Å². The summed E-state index contributed by atoms with van der Waals surface area (Å²) >= 11 is 0. The summed E-state index contributed by atoms with van der Waals surface area (Å²) in [6.07, 6.45) is 0. The van der Waals surface area contributed by atoms with Gasteiger partial charge in [0.15, 0.2) is 0 Å². The van der Waals surface area contributed by atoms with E-state index in [-0.39, 0.29) is 12.5 Å². The quantitative estimate of drug-likeness (QED) is 0.930. The molecule has 0 spiro atoms. The van der Waals surface area contributed by atoms with E-state index >= 15 is 0 Å². The van der Waals surface area contributed by atoms with Gasteiger partial charge in [-0.15, -0.1) is 0 Å². The number of aromatic nitrogens is 2. The Kier molecular flexibility index (Phi) is 4.16. The molecule has 0 atom stereocenters. The molecule has 1 heterocycles. The van der Waals surface area contributed by atoms with Gasteiger partial charge in [-0.2, -0.15) is 5.10 Å². The summed E-state index contributed by atoms with van der Waals surface area (Å²) in [4.78, 5) is 13.9. The molecule has 6 nitrogen and oxygen atoms in total. The van der Waals surface area contributed by atoms with Crippen LogP contribution in [0.15, 0.2) is 24.3 Å². The van der Waals surface area contributed by atoms with Crippen LogP contribution in [0.1, 0.15) is 11.4 Å². The van der Waals surface area contributed by atoms with Gasteiger partial charge in [-0.25, -0.2) is 0 Å². The SMILES string of the molecule is COc1ccc(N(C)C(=O)Cn2nc(C)c(N)c2C)cc1. The molecular weight excluding hydrogens is 268 g/mol. The van der Waals surface area contributed by atoms with Gasteiger partial charge in [0.05, 0.1) is 24.2 Å². The molecule has 2 aromatic rings. The predicted octanol–water partition coefficient (Wildman–Crippen LogP) is 1.75. The van der Waals surface area contributed by atoms with Crippen LogP contribution in [-0.2, 0) is 11.3 Å². The summed E-state index contributed by atoms with van der Waals surface area (Å²) in [5.74, 6) is 0.691. The first kappa shape index (κ1) is 14.9. The molecule has 0 fully saturated rings. The minimum Gasteiger partial charge on any atom is -0.497 e. The molecule has 0 unspecified atom stereocenters. The number of anilines is 2. The Morgan fingerprint density at radius 2 is 1.95 bits per heavy atom. The second kappa shape index (κ2) is 5.87. The number of likely N-dealkylation sites (N-methyl/N-ethyl adjacent to an activating group) is 1. The van der Waals surface area contributed by atoms with E-state index in [4.69, 9.17) is 10.5 Å². The zero-order valence-corrected chi connectivity index (χ0v) is 12.8. The summed E-state index contributed by atoms with van der Waals surface area (Å²) in [6.45, 7) is 3.85. The van der Waals surface area contributed by atoms with E-state index in [9.17, 15) is 4.79 Å². The van der Waals surface area contributed by atoms with Crippen LogP contribution in [0.5, 0.6) is 5.75 Å². The Balaban J connectivity index is 2.13. The molecule has 6 heteroatoms. The van der Waals surface area contributed by atoms with E-state index < -0.39 is 0 Å². The van der Waals surface area contributed by atoms with Gasteiger partial charge in [-0.1, -0.05) is 0 Å². The van der Waals surface area contributed by atoms with E-state index in [0.717, 1.165) is 22.8 Å². The van der Waals surface area contributed by atoms with Gasteiger partial charge in [0, 0.05) is 12.7 Å². The number of rotatable bonds is 4. The van der Waals surface area contributed by atoms with Gasteiger partial charge in [-0.05, 0) is 38.1 Å². The number of nitrogens with zero attached hydrogens (tertiary/aromatic N) is 3. The first-order chi connectivity index (χ1) is 9.93. The molecule has 0 bridgehead atoms. The number of methoxy groups -OCH3 is 1. The maximum absolute atomic E-state index is 12.3. The molecule has 1 amide bonds. The third-order valence-corrected chi connectivity index (χ3v) is 3.56. The first-order valence-corrected chi connectivity index (χ1v) is 6.64. The fraction of sp³-hybridized carbons (Fsp3) is 0.333. The molecule has 0 aliphatic carbocycles. The lowest BCUT2D eigenvalue weighted by molar-refractivity contribution is -0.119. The van der Waals surface area contributed by atoms with Crippen molar-refractivity contribution >= 4 is 17.3 Å². The standard InChI is InChI=1S/C15H20N4O2/c1-10-15(16)11(2)19(17-10)9-14(20)18(3)12-5-7-13(21-4)8-6-12/h5-8H,9,16H2,1-4H3. The largest absolute Gasteiger partial charge is 0.497 e. The maximum atomic E-state index is 12.3. The van der Waals surface area contributed by atoms with Crippen LogP contribution in [0, 0.1) is 13.8 Å². The summed E-state index contributed by atoms with van der Waals surface area (Å²) < 4.78 is 6.74. The number of benzene rings is 1. The number of nitrogens with two attached hydrogens (primary N) is 1. The van der Waals surface area contributed by atoms with E-state index in [0.29, 0.717) is 5.69 Å².